The van der Waals surface area contributed by atoms with Crippen molar-refractivity contribution in [3.8, 4) is 0 Å². The number of nitrogens with one attached hydrogen (secondary N) is 2. The minimum atomic E-state index is -0.194. The Morgan fingerprint density at radius 2 is 2.24 bits per heavy atom. The van der Waals surface area contributed by atoms with Gasteiger partial charge < -0.3 is 9.97 Å². The van der Waals surface area contributed by atoms with Gasteiger partial charge in [0.2, 0.25) is 0 Å². The molecule has 0 spiro atoms. The van der Waals surface area contributed by atoms with E-state index in [2.05, 4.69) is 26.9 Å². The van der Waals surface area contributed by atoms with E-state index < -0.39 is 0 Å². The Morgan fingerprint density at radius 1 is 1.41 bits per heavy atom. The Labute approximate surface area is 99.7 Å². The Morgan fingerprint density at radius 3 is 2.88 bits per heavy atom. The summed E-state index contributed by atoms with van der Waals surface area (Å²) in [4.78, 5) is 26.0. The van der Waals surface area contributed by atoms with Crippen LogP contribution in [-0.2, 0) is 6.42 Å². The van der Waals surface area contributed by atoms with Gasteiger partial charge in [-0.3, -0.25) is 4.79 Å². The minimum absolute atomic E-state index is 0.194. The number of aromatic amines is 2. The van der Waals surface area contributed by atoms with Crippen LogP contribution < -0.4 is 0 Å². The molecule has 2 rings (SSSR count). The average Bonchev–Trinajstić information content (AvgIpc) is 2.95. The Hall–Kier alpha value is -1.91. The number of aromatic nitrogens is 4. The van der Waals surface area contributed by atoms with E-state index >= 15 is 0 Å². The lowest BCUT2D eigenvalue weighted by atomic mass is 10.2. The first-order valence-electron chi connectivity index (χ1n) is 5.82. The summed E-state index contributed by atoms with van der Waals surface area (Å²) in [6, 6.07) is 0. The highest BCUT2D eigenvalue weighted by molar-refractivity contribution is 6.03. The number of nitrogens with zero attached hydrogens (tertiary/aromatic N) is 2. The molecule has 5 nitrogen and oxygen atoms in total. The molecule has 2 N–H and O–H groups in total. The van der Waals surface area contributed by atoms with Crippen LogP contribution in [-0.4, -0.2) is 25.7 Å². The van der Waals surface area contributed by atoms with Crippen LogP contribution in [0.4, 0.5) is 0 Å². The lowest BCUT2D eigenvalue weighted by Crippen LogP contribution is -2.06. The minimum Gasteiger partial charge on any atom is -0.342 e. The van der Waals surface area contributed by atoms with Gasteiger partial charge >= 0.3 is 0 Å². The maximum Gasteiger partial charge on any atom is 0.263 e. The fourth-order valence-corrected chi connectivity index (χ4v) is 1.69. The second-order valence-corrected chi connectivity index (χ2v) is 4.03. The number of ketones is 1. The smallest absolute Gasteiger partial charge is 0.263 e. The monoisotopic (exact) mass is 232 g/mol. The number of carbonyl (C=O) groups is 1. The van der Waals surface area contributed by atoms with Crippen LogP contribution in [0.3, 0.4) is 0 Å². The zero-order valence-corrected chi connectivity index (χ0v) is 10.1. The van der Waals surface area contributed by atoms with Crippen LogP contribution in [0, 0.1) is 6.92 Å². The van der Waals surface area contributed by atoms with E-state index in [1.807, 2.05) is 6.92 Å². The summed E-state index contributed by atoms with van der Waals surface area (Å²) in [5, 5.41) is 0. The molecule has 0 radical (unpaired) electrons. The van der Waals surface area contributed by atoms with Gasteiger partial charge in [-0.15, -0.1) is 0 Å². The number of unbranched alkanes of at least 4 members (excludes halogenated alkanes) is 1. The standard InChI is InChI=1S/C12H16N4O/c1-3-4-5-9-8(2)15-12(16-9)10(17)11-13-6-7-14-11/h6-7H,3-5H2,1-2H3,(H,13,14)(H,15,16). The van der Waals surface area contributed by atoms with E-state index in [1.54, 1.807) is 12.4 Å². The van der Waals surface area contributed by atoms with Gasteiger partial charge in [0, 0.05) is 18.1 Å². The van der Waals surface area contributed by atoms with E-state index in [0.29, 0.717) is 11.6 Å². The van der Waals surface area contributed by atoms with Crippen LogP contribution in [0.2, 0.25) is 0 Å². The molecular weight excluding hydrogens is 216 g/mol. The Balaban J connectivity index is 2.20. The van der Waals surface area contributed by atoms with Crippen molar-refractivity contribution in [3.63, 3.8) is 0 Å². The molecule has 2 aromatic rings. The second kappa shape index (κ2) is 4.95. The van der Waals surface area contributed by atoms with E-state index in [9.17, 15) is 4.79 Å². The topological polar surface area (TPSA) is 74.4 Å². The number of H-pyrrole nitrogens is 2. The molecular formula is C12H16N4O. The third kappa shape index (κ3) is 2.43. The summed E-state index contributed by atoms with van der Waals surface area (Å²) < 4.78 is 0. The summed E-state index contributed by atoms with van der Waals surface area (Å²) in [5.41, 5.74) is 1.94. The molecule has 0 unspecified atom stereocenters. The van der Waals surface area contributed by atoms with Gasteiger partial charge in [-0.1, -0.05) is 13.3 Å². The molecule has 0 atom stereocenters. The normalized spacial score (nSPS) is 10.7. The first-order valence-corrected chi connectivity index (χ1v) is 5.82. The van der Waals surface area contributed by atoms with Gasteiger partial charge in [0.1, 0.15) is 0 Å². The number of rotatable bonds is 5. The molecule has 0 saturated carbocycles. The molecule has 0 amide bonds. The number of hydrogen-bond donors (Lipinski definition) is 2. The second-order valence-electron chi connectivity index (χ2n) is 4.03. The first kappa shape index (κ1) is 11.6. The van der Waals surface area contributed by atoms with Gasteiger partial charge in [0.25, 0.3) is 5.78 Å². The lowest BCUT2D eigenvalue weighted by molar-refractivity contribution is 0.102. The molecule has 0 saturated heterocycles. The Bertz CT molecular complexity index is 499. The van der Waals surface area contributed by atoms with Crippen molar-refractivity contribution in [1.82, 2.24) is 19.9 Å². The van der Waals surface area contributed by atoms with Crippen molar-refractivity contribution >= 4 is 5.78 Å². The highest BCUT2D eigenvalue weighted by Crippen LogP contribution is 2.10. The highest BCUT2D eigenvalue weighted by atomic mass is 16.1. The van der Waals surface area contributed by atoms with E-state index in [0.717, 1.165) is 30.7 Å². The van der Waals surface area contributed by atoms with Crippen LogP contribution >= 0.6 is 0 Å². The van der Waals surface area contributed by atoms with E-state index in [1.165, 1.54) is 0 Å². The molecule has 0 aliphatic carbocycles. The fourth-order valence-electron chi connectivity index (χ4n) is 1.69. The zero-order valence-electron chi connectivity index (χ0n) is 10.1. The fraction of sp³-hybridized carbons (Fsp3) is 0.417. The summed E-state index contributed by atoms with van der Waals surface area (Å²) in [6.45, 7) is 4.08. The van der Waals surface area contributed by atoms with Crippen molar-refractivity contribution in [1.29, 1.82) is 0 Å². The van der Waals surface area contributed by atoms with Crippen molar-refractivity contribution < 1.29 is 4.79 Å². The Kier molecular flexibility index (Phi) is 3.37. The number of imidazole rings is 2. The van der Waals surface area contributed by atoms with E-state index in [4.69, 9.17) is 0 Å². The molecule has 5 heteroatoms. The maximum absolute atomic E-state index is 12.0. The van der Waals surface area contributed by atoms with Crippen molar-refractivity contribution in [2.75, 3.05) is 0 Å². The SMILES string of the molecule is CCCCc1nc(C(=O)c2ncc[nH]2)[nH]c1C. The molecule has 0 aromatic carbocycles. The number of hydrogen-bond acceptors (Lipinski definition) is 3. The molecule has 0 fully saturated rings. The van der Waals surface area contributed by atoms with Crippen LogP contribution in [0.5, 0.6) is 0 Å². The van der Waals surface area contributed by atoms with Gasteiger partial charge in [-0.2, -0.15) is 0 Å². The molecule has 0 aliphatic heterocycles. The van der Waals surface area contributed by atoms with Gasteiger partial charge in [0.05, 0.1) is 5.69 Å². The molecule has 0 aliphatic rings. The van der Waals surface area contributed by atoms with Gasteiger partial charge in [-0.05, 0) is 19.8 Å². The van der Waals surface area contributed by atoms with Crippen molar-refractivity contribution in [3.05, 3.63) is 35.4 Å². The van der Waals surface area contributed by atoms with Crippen LogP contribution in [0.15, 0.2) is 12.4 Å². The molecule has 2 aromatic heterocycles. The molecule has 17 heavy (non-hydrogen) atoms. The highest BCUT2D eigenvalue weighted by Gasteiger charge is 2.16. The van der Waals surface area contributed by atoms with Crippen LogP contribution in [0.25, 0.3) is 0 Å². The summed E-state index contributed by atoms with van der Waals surface area (Å²) in [7, 11) is 0. The number of carbonyl (C=O) groups excluding carboxylic acids is 1. The molecule has 2 heterocycles. The summed E-state index contributed by atoms with van der Waals surface area (Å²) >= 11 is 0. The maximum atomic E-state index is 12.0. The van der Waals surface area contributed by atoms with E-state index in [-0.39, 0.29) is 5.78 Å². The predicted octanol–water partition coefficient (Wildman–Crippen LogP) is 2.01. The third-order valence-electron chi connectivity index (χ3n) is 2.68. The van der Waals surface area contributed by atoms with Crippen molar-refractivity contribution in [2.45, 2.75) is 33.1 Å². The molecule has 90 valence electrons. The third-order valence-corrected chi connectivity index (χ3v) is 2.68. The largest absolute Gasteiger partial charge is 0.342 e. The zero-order chi connectivity index (χ0) is 12.3. The average molecular weight is 232 g/mol. The van der Waals surface area contributed by atoms with Gasteiger partial charge in [0.15, 0.2) is 11.6 Å². The number of aryl methyl sites for hydroxylation is 2. The predicted molar refractivity (Wildman–Crippen MR) is 64.0 cm³/mol. The van der Waals surface area contributed by atoms with Crippen LogP contribution in [0.1, 0.15) is 47.6 Å². The first-order chi connectivity index (χ1) is 8.22. The lowest BCUT2D eigenvalue weighted by Gasteiger charge is -1.94. The summed E-state index contributed by atoms with van der Waals surface area (Å²) in [6.07, 6.45) is 6.29. The quantitative estimate of drug-likeness (QED) is 0.774. The van der Waals surface area contributed by atoms with Gasteiger partial charge in [-0.25, -0.2) is 9.97 Å². The molecule has 0 bridgehead atoms. The summed E-state index contributed by atoms with van der Waals surface area (Å²) in [5.74, 6) is 0.491. The van der Waals surface area contributed by atoms with Crippen molar-refractivity contribution in [2.24, 2.45) is 0 Å².